The summed E-state index contributed by atoms with van der Waals surface area (Å²) >= 11 is 0. The summed E-state index contributed by atoms with van der Waals surface area (Å²) in [7, 11) is 0. The lowest BCUT2D eigenvalue weighted by Gasteiger charge is -2.28. The van der Waals surface area contributed by atoms with Crippen molar-refractivity contribution >= 4 is 23.7 Å². The number of hydrogen-bond donors (Lipinski definition) is 8. The minimum atomic E-state index is -1.52. The molecule has 0 rings (SSSR count). The van der Waals surface area contributed by atoms with Gasteiger partial charge in [-0.15, -0.1) is 0 Å². The Morgan fingerprint density at radius 2 is 1.52 bits per heavy atom. The molecule has 0 bridgehead atoms. The molecular weight excluding hydrogens is 410 g/mol. The van der Waals surface area contributed by atoms with Crippen LogP contribution in [0.15, 0.2) is 0 Å². The van der Waals surface area contributed by atoms with Crippen molar-refractivity contribution in [3.63, 3.8) is 0 Å². The molecule has 0 aromatic rings. The second kappa shape index (κ2) is 14.7. The molecule has 0 saturated carbocycles. The fourth-order valence-corrected chi connectivity index (χ4v) is 2.65. The third kappa shape index (κ3) is 10.0. The highest BCUT2D eigenvalue weighted by Crippen LogP contribution is 2.10. The zero-order chi connectivity index (χ0) is 24.1. The van der Waals surface area contributed by atoms with Gasteiger partial charge in [0.1, 0.15) is 24.2 Å². The number of carboxylic acid groups (broad SMARTS) is 1. The van der Waals surface area contributed by atoms with Crippen molar-refractivity contribution in [3.8, 4) is 0 Å². The predicted molar refractivity (Wildman–Crippen MR) is 113 cm³/mol. The van der Waals surface area contributed by atoms with Gasteiger partial charge in [-0.2, -0.15) is 0 Å². The van der Waals surface area contributed by atoms with E-state index in [2.05, 4.69) is 16.0 Å². The van der Waals surface area contributed by atoms with Gasteiger partial charge in [0.2, 0.25) is 17.7 Å². The van der Waals surface area contributed by atoms with Crippen molar-refractivity contribution in [1.29, 1.82) is 0 Å². The fraction of sp³-hybridized carbons (Fsp3) is 0.789. The van der Waals surface area contributed by atoms with Crippen LogP contribution < -0.4 is 27.4 Å². The molecule has 6 atom stereocenters. The first kappa shape index (κ1) is 28.7. The number of aliphatic hydroxyl groups excluding tert-OH is 2. The number of hydrogen-bond acceptors (Lipinski definition) is 8. The van der Waals surface area contributed by atoms with Gasteiger partial charge in [-0.1, -0.05) is 20.3 Å². The monoisotopic (exact) mass is 447 g/mol. The minimum Gasteiger partial charge on any atom is -0.480 e. The molecule has 6 unspecified atom stereocenters. The molecule has 0 aromatic carbocycles. The summed E-state index contributed by atoms with van der Waals surface area (Å²) in [5.74, 6) is -3.88. The zero-order valence-corrected chi connectivity index (χ0v) is 18.3. The molecule has 3 amide bonds. The largest absolute Gasteiger partial charge is 0.480 e. The number of aliphatic carboxylic acids is 1. The first-order valence-electron chi connectivity index (χ1n) is 10.4. The molecule has 12 heteroatoms. The maximum Gasteiger partial charge on any atom is 0.328 e. The number of carboxylic acids is 1. The molecular formula is C19H37N5O7. The highest BCUT2D eigenvalue weighted by Gasteiger charge is 2.32. The Morgan fingerprint density at radius 3 is 1.97 bits per heavy atom. The molecule has 0 radical (unpaired) electrons. The molecule has 12 nitrogen and oxygen atoms in total. The van der Waals surface area contributed by atoms with Crippen LogP contribution >= 0.6 is 0 Å². The Labute approximate surface area is 182 Å². The average Bonchev–Trinajstić information content (AvgIpc) is 2.72. The summed E-state index contributed by atoms with van der Waals surface area (Å²) in [5.41, 5.74) is 11.1. The van der Waals surface area contributed by atoms with Crippen LogP contribution in [0.4, 0.5) is 0 Å². The number of unbranched alkanes of at least 4 members (excludes halogenated alkanes) is 1. The molecule has 0 saturated heterocycles. The number of nitrogens with one attached hydrogen (secondary N) is 3. The molecule has 180 valence electrons. The van der Waals surface area contributed by atoms with E-state index in [4.69, 9.17) is 21.7 Å². The lowest BCUT2D eigenvalue weighted by Crippen LogP contribution is -2.59. The first-order chi connectivity index (χ1) is 14.5. The van der Waals surface area contributed by atoms with Crippen molar-refractivity contribution in [2.45, 2.75) is 76.7 Å². The van der Waals surface area contributed by atoms with Crippen molar-refractivity contribution in [3.05, 3.63) is 0 Å². The van der Waals surface area contributed by atoms with E-state index in [1.807, 2.05) is 6.92 Å². The van der Waals surface area contributed by atoms with E-state index in [9.17, 15) is 24.3 Å². The van der Waals surface area contributed by atoms with E-state index >= 15 is 0 Å². The predicted octanol–water partition coefficient (Wildman–Crippen LogP) is -2.60. The normalized spacial score (nSPS) is 16.9. The Bertz CT molecular complexity index is 602. The number of carbonyl (C=O) groups excluding carboxylic acids is 3. The molecule has 0 spiro atoms. The van der Waals surface area contributed by atoms with Gasteiger partial charge < -0.3 is 42.7 Å². The molecule has 0 heterocycles. The molecule has 10 N–H and O–H groups in total. The van der Waals surface area contributed by atoms with Gasteiger partial charge in [0.25, 0.3) is 0 Å². The maximum atomic E-state index is 12.9. The molecule has 0 aliphatic carbocycles. The van der Waals surface area contributed by atoms with Crippen LogP contribution in [-0.2, 0) is 19.2 Å². The Balaban J connectivity index is 5.47. The number of amides is 3. The number of aliphatic hydroxyl groups is 2. The van der Waals surface area contributed by atoms with Crippen LogP contribution in [0, 0.1) is 5.92 Å². The number of nitrogens with two attached hydrogens (primary N) is 2. The van der Waals surface area contributed by atoms with Gasteiger partial charge in [0, 0.05) is 0 Å². The fourth-order valence-electron chi connectivity index (χ4n) is 2.65. The molecule has 0 aliphatic rings. The molecule has 0 fully saturated rings. The Kier molecular flexibility index (Phi) is 13.6. The van der Waals surface area contributed by atoms with E-state index < -0.39 is 60.6 Å². The van der Waals surface area contributed by atoms with Crippen LogP contribution in [0.1, 0.15) is 46.5 Å². The molecule has 31 heavy (non-hydrogen) atoms. The molecule has 0 aromatic heterocycles. The quantitative estimate of drug-likeness (QED) is 0.123. The smallest absolute Gasteiger partial charge is 0.328 e. The zero-order valence-electron chi connectivity index (χ0n) is 18.3. The Morgan fingerprint density at radius 1 is 0.935 bits per heavy atom. The summed E-state index contributed by atoms with van der Waals surface area (Å²) in [6.07, 6.45) is 0.649. The number of rotatable bonds is 15. The second-order valence-corrected chi connectivity index (χ2v) is 7.57. The Hall–Kier alpha value is -2.28. The van der Waals surface area contributed by atoms with Gasteiger partial charge >= 0.3 is 5.97 Å². The van der Waals surface area contributed by atoms with E-state index in [-0.39, 0.29) is 12.3 Å². The lowest BCUT2D eigenvalue weighted by atomic mass is 9.96. The van der Waals surface area contributed by atoms with E-state index in [0.717, 1.165) is 0 Å². The van der Waals surface area contributed by atoms with Gasteiger partial charge in [0.15, 0.2) is 0 Å². The third-order valence-electron chi connectivity index (χ3n) is 4.99. The van der Waals surface area contributed by atoms with Crippen molar-refractivity contribution in [2.24, 2.45) is 17.4 Å². The molecule has 0 aliphatic heterocycles. The summed E-state index contributed by atoms with van der Waals surface area (Å²) < 4.78 is 0. The number of carbonyl (C=O) groups is 4. The van der Waals surface area contributed by atoms with E-state index in [1.165, 1.54) is 6.92 Å². The van der Waals surface area contributed by atoms with Crippen LogP contribution in [0.25, 0.3) is 0 Å². The van der Waals surface area contributed by atoms with E-state index in [0.29, 0.717) is 25.8 Å². The van der Waals surface area contributed by atoms with Crippen LogP contribution in [0.5, 0.6) is 0 Å². The van der Waals surface area contributed by atoms with Crippen molar-refractivity contribution < 1.29 is 34.5 Å². The van der Waals surface area contributed by atoms with Gasteiger partial charge in [-0.25, -0.2) is 4.79 Å². The highest BCUT2D eigenvalue weighted by molar-refractivity contribution is 5.94. The van der Waals surface area contributed by atoms with Gasteiger partial charge in [0.05, 0.1) is 12.7 Å². The average molecular weight is 448 g/mol. The first-order valence-corrected chi connectivity index (χ1v) is 10.4. The summed E-state index contributed by atoms with van der Waals surface area (Å²) in [5, 5.41) is 34.9. The van der Waals surface area contributed by atoms with Crippen molar-refractivity contribution in [1.82, 2.24) is 16.0 Å². The van der Waals surface area contributed by atoms with Crippen LogP contribution in [0.3, 0.4) is 0 Å². The maximum absolute atomic E-state index is 12.9. The van der Waals surface area contributed by atoms with Crippen LogP contribution in [0.2, 0.25) is 0 Å². The van der Waals surface area contributed by atoms with Crippen LogP contribution in [-0.4, -0.2) is 82.4 Å². The minimum absolute atomic E-state index is 0.181. The third-order valence-corrected chi connectivity index (χ3v) is 4.99. The summed E-state index contributed by atoms with van der Waals surface area (Å²) in [6.45, 7) is 4.46. The SMILES string of the molecule is CCC(C)C(NC(=O)C(N)C(C)O)C(=O)NC(CCCCN)C(=O)NC(CO)C(=O)O. The lowest BCUT2D eigenvalue weighted by molar-refractivity contribution is -0.143. The summed E-state index contributed by atoms with van der Waals surface area (Å²) in [4.78, 5) is 48.8. The second-order valence-electron chi connectivity index (χ2n) is 7.57. The van der Waals surface area contributed by atoms with Crippen molar-refractivity contribution in [2.75, 3.05) is 13.2 Å². The summed E-state index contributed by atoms with van der Waals surface area (Å²) in [6, 6.07) is -4.87. The van der Waals surface area contributed by atoms with E-state index in [1.54, 1.807) is 6.92 Å². The van der Waals surface area contributed by atoms with Gasteiger partial charge in [-0.05, 0) is 38.6 Å². The van der Waals surface area contributed by atoms with Gasteiger partial charge in [-0.3, -0.25) is 14.4 Å². The topological polar surface area (TPSA) is 217 Å². The standard InChI is InChI=1S/C19H37N5O7/c1-4-10(2)15(24-17(28)14(21)11(3)26)18(29)22-12(7-5-6-8-20)16(27)23-13(9-25)19(30)31/h10-15,25-26H,4-9,20-21H2,1-3H3,(H,22,29)(H,23,27)(H,24,28)(H,30,31). The highest BCUT2D eigenvalue weighted by atomic mass is 16.4.